The van der Waals surface area contributed by atoms with Crippen molar-refractivity contribution < 1.29 is 14.3 Å². The average Bonchev–Trinajstić information content (AvgIpc) is 2.44. The van der Waals surface area contributed by atoms with Crippen LogP contribution in [0, 0.1) is 0 Å². The van der Waals surface area contributed by atoms with Crippen LogP contribution in [0.5, 0.6) is 0 Å². The van der Waals surface area contributed by atoms with Crippen LogP contribution in [0.2, 0.25) is 0 Å². The van der Waals surface area contributed by atoms with Gasteiger partial charge in [0.15, 0.2) is 0 Å². The summed E-state index contributed by atoms with van der Waals surface area (Å²) >= 11 is 0. The molecule has 0 aliphatic heterocycles. The number of amides is 1. The van der Waals surface area contributed by atoms with Crippen molar-refractivity contribution >= 4 is 11.9 Å². The Morgan fingerprint density at radius 1 is 1.16 bits per heavy atom. The lowest BCUT2D eigenvalue weighted by Crippen LogP contribution is -2.37. The van der Waals surface area contributed by atoms with Crippen molar-refractivity contribution in [1.82, 2.24) is 4.90 Å². The minimum atomic E-state index is -0.350. The first-order valence-electron chi connectivity index (χ1n) is 6.64. The van der Waals surface area contributed by atoms with Crippen LogP contribution in [0.1, 0.15) is 25.8 Å². The molecule has 1 amide bonds. The highest BCUT2D eigenvalue weighted by molar-refractivity contribution is 5.81. The van der Waals surface area contributed by atoms with Gasteiger partial charge in [0.1, 0.15) is 6.54 Å². The Labute approximate surface area is 114 Å². The van der Waals surface area contributed by atoms with Gasteiger partial charge in [-0.05, 0) is 18.9 Å². The molecule has 0 fully saturated rings. The van der Waals surface area contributed by atoms with Crippen molar-refractivity contribution in [2.75, 3.05) is 19.7 Å². The third kappa shape index (κ3) is 5.55. The summed E-state index contributed by atoms with van der Waals surface area (Å²) in [5.74, 6) is -0.374. The van der Waals surface area contributed by atoms with E-state index in [9.17, 15) is 9.59 Å². The summed E-state index contributed by atoms with van der Waals surface area (Å²) in [5.41, 5.74) is 1.15. The molecule has 0 saturated heterocycles. The summed E-state index contributed by atoms with van der Waals surface area (Å²) in [6, 6.07) is 9.91. The standard InChI is InChI=1S/C15H21NO3/c1-3-14(17)16(12-15(18)19-4-2)11-10-13-8-6-5-7-9-13/h5-9H,3-4,10-12H2,1-2H3. The fourth-order valence-electron chi connectivity index (χ4n) is 1.79. The van der Waals surface area contributed by atoms with Crippen molar-refractivity contribution in [1.29, 1.82) is 0 Å². The molecule has 0 aromatic heterocycles. The molecule has 0 saturated carbocycles. The predicted molar refractivity (Wildman–Crippen MR) is 73.7 cm³/mol. The number of hydrogen-bond donors (Lipinski definition) is 0. The Kier molecular flexibility index (Phi) is 6.64. The number of hydrogen-bond acceptors (Lipinski definition) is 3. The van der Waals surface area contributed by atoms with Gasteiger partial charge in [-0.3, -0.25) is 9.59 Å². The summed E-state index contributed by atoms with van der Waals surface area (Å²) in [5, 5.41) is 0. The van der Waals surface area contributed by atoms with Crippen LogP contribution in [-0.2, 0) is 20.7 Å². The second kappa shape index (κ2) is 8.29. The molecule has 0 N–H and O–H groups in total. The molecule has 19 heavy (non-hydrogen) atoms. The first-order valence-corrected chi connectivity index (χ1v) is 6.64. The SMILES string of the molecule is CCOC(=O)CN(CCc1ccccc1)C(=O)CC. The van der Waals surface area contributed by atoms with Crippen LogP contribution in [0.4, 0.5) is 0 Å². The van der Waals surface area contributed by atoms with Crippen molar-refractivity contribution in [2.45, 2.75) is 26.7 Å². The number of benzene rings is 1. The van der Waals surface area contributed by atoms with E-state index >= 15 is 0 Å². The summed E-state index contributed by atoms with van der Waals surface area (Å²) in [6.45, 7) is 4.46. The zero-order chi connectivity index (χ0) is 14.1. The van der Waals surface area contributed by atoms with Crippen molar-refractivity contribution in [3.63, 3.8) is 0 Å². The van der Waals surface area contributed by atoms with E-state index in [1.54, 1.807) is 18.7 Å². The van der Waals surface area contributed by atoms with E-state index in [0.717, 1.165) is 12.0 Å². The molecular weight excluding hydrogens is 242 g/mol. The van der Waals surface area contributed by atoms with Crippen molar-refractivity contribution in [3.8, 4) is 0 Å². The van der Waals surface area contributed by atoms with Gasteiger partial charge in [0.2, 0.25) is 5.91 Å². The van der Waals surface area contributed by atoms with Crippen molar-refractivity contribution in [2.24, 2.45) is 0 Å². The molecule has 0 radical (unpaired) electrons. The molecule has 0 unspecified atom stereocenters. The van der Waals surface area contributed by atoms with Gasteiger partial charge >= 0.3 is 5.97 Å². The normalized spacial score (nSPS) is 10.0. The van der Waals surface area contributed by atoms with Gasteiger partial charge in [-0.15, -0.1) is 0 Å². The lowest BCUT2D eigenvalue weighted by atomic mass is 10.1. The zero-order valence-electron chi connectivity index (χ0n) is 11.6. The lowest BCUT2D eigenvalue weighted by molar-refractivity contribution is -0.148. The zero-order valence-corrected chi connectivity index (χ0v) is 11.6. The first-order chi connectivity index (χ1) is 9.17. The van der Waals surface area contributed by atoms with E-state index in [1.807, 2.05) is 30.3 Å². The smallest absolute Gasteiger partial charge is 0.325 e. The maximum Gasteiger partial charge on any atom is 0.325 e. The molecule has 0 aliphatic carbocycles. The van der Waals surface area contributed by atoms with E-state index in [-0.39, 0.29) is 18.4 Å². The number of rotatable bonds is 7. The first kappa shape index (κ1) is 15.2. The molecule has 0 bridgehead atoms. The highest BCUT2D eigenvalue weighted by Crippen LogP contribution is 2.03. The highest BCUT2D eigenvalue weighted by atomic mass is 16.5. The van der Waals surface area contributed by atoms with Gasteiger partial charge in [0.05, 0.1) is 6.61 Å². The molecule has 0 atom stereocenters. The van der Waals surface area contributed by atoms with Crippen LogP contribution in [0.3, 0.4) is 0 Å². The number of carbonyl (C=O) groups is 2. The van der Waals surface area contributed by atoms with Gasteiger partial charge < -0.3 is 9.64 Å². The van der Waals surface area contributed by atoms with Gasteiger partial charge in [-0.2, -0.15) is 0 Å². The number of esters is 1. The summed E-state index contributed by atoms with van der Waals surface area (Å²) in [7, 11) is 0. The molecule has 4 nitrogen and oxygen atoms in total. The van der Waals surface area contributed by atoms with Crippen LogP contribution >= 0.6 is 0 Å². The van der Waals surface area contributed by atoms with Crippen molar-refractivity contribution in [3.05, 3.63) is 35.9 Å². The van der Waals surface area contributed by atoms with E-state index in [4.69, 9.17) is 4.74 Å². The van der Waals surface area contributed by atoms with Gasteiger partial charge in [0.25, 0.3) is 0 Å². The second-order valence-corrected chi connectivity index (χ2v) is 4.21. The molecule has 0 spiro atoms. The van der Waals surface area contributed by atoms with E-state index in [2.05, 4.69) is 0 Å². The number of nitrogens with zero attached hydrogens (tertiary/aromatic N) is 1. The van der Waals surface area contributed by atoms with Crippen LogP contribution in [0.15, 0.2) is 30.3 Å². The predicted octanol–water partition coefficient (Wildman–Crippen LogP) is 2.03. The van der Waals surface area contributed by atoms with E-state index in [0.29, 0.717) is 19.6 Å². The maximum absolute atomic E-state index is 11.8. The number of carbonyl (C=O) groups excluding carboxylic acids is 2. The molecule has 104 valence electrons. The minimum absolute atomic E-state index is 0.0241. The van der Waals surface area contributed by atoms with Crippen LogP contribution in [0.25, 0.3) is 0 Å². The van der Waals surface area contributed by atoms with Crippen LogP contribution < -0.4 is 0 Å². The fourth-order valence-corrected chi connectivity index (χ4v) is 1.79. The van der Waals surface area contributed by atoms with Gasteiger partial charge in [-0.1, -0.05) is 37.3 Å². The molecular formula is C15H21NO3. The quantitative estimate of drug-likeness (QED) is 0.707. The highest BCUT2D eigenvalue weighted by Gasteiger charge is 2.16. The summed E-state index contributed by atoms with van der Waals surface area (Å²) in [4.78, 5) is 24.8. The third-order valence-electron chi connectivity index (χ3n) is 2.79. The Hall–Kier alpha value is -1.84. The minimum Gasteiger partial charge on any atom is -0.465 e. The molecule has 1 aromatic carbocycles. The molecule has 1 rings (SSSR count). The topological polar surface area (TPSA) is 46.6 Å². The van der Waals surface area contributed by atoms with Gasteiger partial charge in [-0.25, -0.2) is 0 Å². The Balaban J connectivity index is 2.55. The third-order valence-corrected chi connectivity index (χ3v) is 2.79. The lowest BCUT2D eigenvalue weighted by Gasteiger charge is -2.21. The van der Waals surface area contributed by atoms with Crippen LogP contribution in [-0.4, -0.2) is 36.5 Å². The van der Waals surface area contributed by atoms with Gasteiger partial charge in [0, 0.05) is 13.0 Å². The van der Waals surface area contributed by atoms with E-state index < -0.39 is 0 Å². The summed E-state index contributed by atoms with van der Waals surface area (Å²) in [6.07, 6.45) is 1.14. The molecule has 0 aliphatic rings. The Morgan fingerprint density at radius 3 is 2.42 bits per heavy atom. The Morgan fingerprint density at radius 2 is 1.84 bits per heavy atom. The molecule has 0 heterocycles. The largest absolute Gasteiger partial charge is 0.465 e. The van der Waals surface area contributed by atoms with E-state index in [1.165, 1.54) is 0 Å². The molecule has 4 heteroatoms. The monoisotopic (exact) mass is 263 g/mol. The summed E-state index contributed by atoms with van der Waals surface area (Å²) < 4.78 is 4.89. The average molecular weight is 263 g/mol. The number of ether oxygens (including phenoxy) is 1. The second-order valence-electron chi connectivity index (χ2n) is 4.21. The Bertz CT molecular complexity index is 403. The fraction of sp³-hybridized carbons (Fsp3) is 0.467. The molecule has 1 aromatic rings. The maximum atomic E-state index is 11.8.